The van der Waals surface area contributed by atoms with E-state index in [-0.39, 0.29) is 30.6 Å². The van der Waals surface area contributed by atoms with Crippen LogP contribution >= 0.6 is 0 Å². The molecular formula is C31H46N2O4. The standard InChI is InChI=1S/C31H46N2O4/c34-22-24-10-12-27(13-11-24)32-29(35)9-5-7-23-6-4-8-26(20-23)31(16-2-1-3-17-31)30(36)37-28-21-33-18-14-25(28)15-19-33/h4,6,8,20,24-25,27-28,34H,1-3,5,7,9-19,21-22H2,(H,32,35)/t24-,27-,28-/m0/s1. The number of fused-ring (bicyclic) bond motifs is 3. The molecule has 5 aliphatic rings. The predicted octanol–water partition coefficient (Wildman–Crippen LogP) is 4.52. The number of hydrogen-bond acceptors (Lipinski definition) is 5. The van der Waals surface area contributed by atoms with Gasteiger partial charge in [0, 0.05) is 25.6 Å². The molecule has 1 aromatic carbocycles. The fraction of sp³-hybridized carbons (Fsp3) is 0.742. The smallest absolute Gasteiger partial charge is 0.316 e. The molecular weight excluding hydrogens is 464 g/mol. The number of esters is 1. The molecule has 3 aliphatic heterocycles. The van der Waals surface area contributed by atoms with E-state index in [0.29, 0.717) is 18.3 Å². The first kappa shape index (κ1) is 26.7. The number of nitrogens with one attached hydrogen (secondary N) is 1. The second kappa shape index (κ2) is 12.3. The van der Waals surface area contributed by atoms with Gasteiger partial charge in [-0.05, 0) is 100 Å². The molecule has 1 amide bonds. The molecule has 204 valence electrons. The number of ether oxygens (including phenoxy) is 1. The first-order chi connectivity index (χ1) is 18.1. The number of rotatable bonds is 9. The third kappa shape index (κ3) is 6.39. The molecule has 2 bridgehead atoms. The lowest BCUT2D eigenvalue weighted by Gasteiger charge is -2.45. The van der Waals surface area contributed by atoms with Crippen molar-refractivity contribution in [2.24, 2.45) is 11.8 Å². The summed E-state index contributed by atoms with van der Waals surface area (Å²) in [6.45, 7) is 3.46. The summed E-state index contributed by atoms with van der Waals surface area (Å²) in [5.74, 6) is 1.06. The van der Waals surface area contributed by atoms with Gasteiger partial charge in [-0.25, -0.2) is 0 Å². The summed E-state index contributed by atoms with van der Waals surface area (Å²) in [5, 5.41) is 12.5. The average molecular weight is 511 g/mol. The van der Waals surface area contributed by atoms with Crippen LogP contribution in [0.4, 0.5) is 0 Å². The van der Waals surface area contributed by atoms with Gasteiger partial charge in [-0.15, -0.1) is 0 Å². The minimum absolute atomic E-state index is 0.00148. The number of carbonyl (C=O) groups excluding carboxylic acids is 2. The van der Waals surface area contributed by atoms with E-state index in [0.717, 1.165) is 102 Å². The second-order valence-electron chi connectivity index (χ2n) is 12.2. The minimum atomic E-state index is -0.523. The van der Waals surface area contributed by atoms with E-state index >= 15 is 0 Å². The van der Waals surface area contributed by atoms with Gasteiger partial charge in [0.2, 0.25) is 5.91 Å². The topological polar surface area (TPSA) is 78.9 Å². The zero-order valence-corrected chi connectivity index (χ0v) is 22.5. The second-order valence-corrected chi connectivity index (χ2v) is 12.2. The van der Waals surface area contributed by atoms with Crippen molar-refractivity contribution in [3.8, 4) is 0 Å². The lowest BCUT2D eigenvalue weighted by atomic mass is 9.69. The van der Waals surface area contributed by atoms with E-state index in [1.54, 1.807) is 0 Å². The Morgan fingerprint density at radius 3 is 2.46 bits per heavy atom. The van der Waals surface area contributed by atoms with Crippen LogP contribution in [-0.2, 0) is 26.2 Å². The number of amides is 1. The van der Waals surface area contributed by atoms with E-state index in [4.69, 9.17) is 4.74 Å². The number of nitrogens with zero attached hydrogens (tertiary/aromatic N) is 1. The van der Waals surface area contributed by atoms with Crippen LogP contribution in [0.15, 0.2) is 24.3 Å². The van der Waals surface area contributed by atoms with Gasteiger partial charge < -0.3 is 15.2 Å². The highest BCUT2D eigenvalue weighted by Gasteiger charge is 2.45. The molecule has 0 radical (unpaired) electrons. The molecule has 3 heterocycles. The molecule has 0 spiro atoms. The van der Waals surface area contributed by atoms with Crippen molar-refractivity contribution >= 4 is 11.9 Å². The third-order valence-electron chi connectivity index (χ3n) is 9.77. The van der Waals surface area contributed by atoms with Gasteiger partial charge in [-0.3, -0.25) is 14.5 Å². The highest BCUT2D eigenvalue weighted by molar-refractivity contribution is 5.83. The minimum Gasteiger partial charge on any atom is -0.460 e. The van der Waals surface area contributed by atoms with Crippen molar-refractivity contribution in [3.05, 3.63) is 35.4 Å². The summed E-state index contributed by atoms with van der Waals surface area (Å²) in [7, 11) is 0. The van der Waals surface area contributed by atoms with Crippen molar-refractivity contribution < 1.29 is 19.4 Å². The summed E-state index contributed by atoms with van der Waals surface area (Å²) >= 11 is 0. The van der Waals surface area contributed by atoms with Gasteiger partial charge in [-0.2, -0.15) is 0 Å². The van der Waals surface area contributed by atoms with Crippen molar-refractivity contribution in [1.29, 1.82) is 0 Å². The van der Waals surface area contributed by atoms with Crippen molar-refractivity contribution in [3.63, 3.8) is 0 Å². The van der Waals surface area contributed by atoms with E-state index in [1.165, 1.54) is 12.0 Å². The van der Waals surface area contributed by atoms with Crippen LogP contribution in [0.25, 0.3) is 0 Å². The Morgan fingerprint density at radius 2 is 1.78 bits per heavy atom. The number of benzene rings is 1. The Hall–Kier alpha value is -1.92. The summed E-state index contributed by atoms with van der Waals surface area (Å²) in [4.78, 5) is 28.8. The van der Waals surface area contributed by atoms with Crippen molar-refractivity contribution in [1.82, 2.24) is 10.2 Å². The van der Waals surface area contributed by atoms with E-state index in [1.807, 2.05) is 0 Å². The highest BCUT2D eigenvalue weighted by atomic mass is 16.5. The summed E-state index contributed by atoms with van der Waals surface area (Å²) in [6, 6.07) is 8.82. The van der Waals surface area contributed by atoms with E-state index in [9.17, 15) is 14.7 Å². The predicted molar refractivity (Wildman–Crippen MR) is 144 cm³/mol. The monoisotopic (exact) mass is 510 g/mol. The van der Waals surface area contributed by atoms with Gasteiger partial charge in [0.15, 0.2) is 0 Å². The largest absolute Gasteiger partial charge is 0.460 e. The molecule has 3 saturated heterocycles. The molecule has 6 nitrogen and oxygen atoms in total. The quantitative estimate of drug-likeness (QED) is 0.478. The number of aryl methyl sites for hydroxylation is 1. The molecule has 1 atom stereocenters. The zero-order chi connectivity index (χ0) is 25.7. The molecule has 0 unspecified atom stereocenters. The molecule has 6 heteroatoms. The van der Waals surface area contributed by atoms with Gasteiger partial charge >= 0.3 is 5.97 Å². The summed E-state index contributed by atoms with van der Waals surface area (Å²) < 4.78 is 6.31. The Labute approximate surface area is 222 Å². The SMILES string of the molecule is O=C(CCCc1cccc(C2(C(=O)O[C@H]3CN4CCC3CC4)CCCCC2)c1)N[C@H]1CC[C@H](CO)CC1. The lowest BCUT2D eigenvalue weighted by molar-refractivity contribution is -0.167. The molecule has 1 aromatic rings. The van der Waals surface area contributed by atoms with Crippen LogP contribution in [0.5, 0.6) is 0 Å². The van der Waals surface area contributed by atoms with Crippen LogP contribution in [-0.4, -0.2) is 60.3 Å². The zero-order valence-electron chi connectivity index (χ0n) is 22.5. The molecule has 2 saturated carbocycles. The highest BCUT2D eigenvalue weighted by Crippen LogP contribution is 2.42. The fourth-order valence-electron chi connectivity index (χ4n) is 7.33. The van der Waals surface area contributed by atoms with Gasteiger partial charge in [0.25, 0.3) is 0 Å². The number of aliphatic hydroxyl groups is 1. The molecule has 37 heavy (non-hydrogen) atoms. The maximum Gasteiger partial charge on any atom is 0.316 e. The molecule has 2 aliphatic carbocycles. The maximum atomic E-state index is 13.8. The number of aliphatic hydroxyl groups excluding tert-OH is 1. The van der Waals surface area contributed by atoms with Crippen LogP contribution in [0.3, 0.4) is 0 Å². The van der Waals surface area contributed by atoms with Gasteiger partial charge in [0.1, 0.15) is 6.10 Å². The fourth-order valence-corrected chi connectivity index (χ4v) is 7.33. The van der Waals surface area contributed by atoms with Gasteiger partial charge in [-0.1, -0.05) is 43.5 Å². The Morgan fingerprint density at radius 1 is 1.03 bits per heavy atom. The summed E-state index contributed by atoms with van der Waals surface area (Å²) in [5.41, 5.74) is 1.79. The van der Waals surface area contributed by atoms with Crippen LogP contribution in [0, 0.1) is 11.8 Å². The number of carbonyl (C=O) groups is 2. The Kier molecular flexibility index (Phi) is 8.86. The Balaban J connectivity index is 1.17. The van der Waals surface area contributed by atoms with E-state index < -0.39 is 5.41 Å². The normalized spacial score (nSPS) is 31.0. The van der Waals surface area contributed by atoms with Crippen LogP contribution in [0.1, 0.15) is 94.6 Å². The van der Waals surface area contributed by atoms with Crippen LogP contribution in [0.2, 0.25) is 0 Å². The van der Waals surface area contributed by atoms with Crippen molar-refractivity contribution in [2.45, 2.75) is 107 Å². The summed E-state index contributed by atoms with van der Waals surface area (Å²) in [6.07, 6.45) is 13.5. The maximum absolute atomic E-state index is 13.8. The van der Waals surface area contributed by atoms with Gasteiger partial charge in [0.05, 0.1) is 5.41 Å². The molecule has 2 N–H and O–H groups in total. The Bertz CT molecular complexity index is 912. The number of piperidine rings is 3. The molecule has 0 aromatic heterocycles. The van der Waals surface area contributed by atoms with E-state index in [2.05, 4.69) is 34.5 Å². The van der Waals surface area contributed by atoms with Crippen LogP contribution < -0.4 is 5.32 Å². The average Bonchev–Trinajstić information content (AvgIpc) is 2.94. The lowest BCUT2D eigenvalue weighted by Crippen LogP contribution is -2.53. The van der Waals surface area contributed by atoms with Crippen molar-refractivity contribution in [2.75, 3.05) is 26.2 Å². The third-order valence-corrected chi connectivity index (χ3v) is 9.77. The molecule has 5 fully saturated rings. The molecule has 6 rings (SSSR count). The first-order valence-corrected chi connectivity index (χ1v) is 15.0. The first-order valence-electron chi connectivity index (χ1n) is 15.0. The number of hydrogen-bond donors (Lipinski definition) is 2.